The monoisotopic (exact) mass is 276 g/mol. The second-order valence-corrected chi connectivity index (χ2v) is 3.30. The Morgan fingerprint density at radius 1 is 1.33 bits per heavy atom. The van der Waals surface area contributed by atoms with Gasteiger partial charge in [0.1, 0.15) is 5.82 Å². The van der Waals surface area contributed by atoms with Gasteiger partial charge in [-0.15, -0.1) is 0 Å². The summed E-state index contributed by atoms with van der Waals surface area (Å²) in [6.07, 6.45) is 0. The molecular weight excluding hydrogens is 267 g/mol. The third-order valence-electron chi connectivity index (χ3n) is 1.90. The molecule has 0 radical (unpaired) electrons. The molecule has 0 aromatic heterocycles. The topological polar surface area (TPSA) is 35.5 Å². The number of hydrogen-bond acceptors (Lipinski definition) is 3. The Hall–Kier alpha value is -1.10. The number of alkyl halides is 1. The average molecular weight is 277 g/mol. The minimum absolute atomic E-state index is 0.00970. The first-order chi connectivity index (χ1) is 7.13. The molecule has 0 aliphatic carbocycles. The van der Waals surface area contributed by atoms with Crippen molar-refractivity contribution < 1.29 is 18.7 Å². The second-order valence-electron chi connectivity index (χ2n) is 2.74. The SMILES string of the molecule is COc1cc(F)c(C(=O)CBr)cc1OC. The summed E-state index contributed by atoms with van der Waals surface area (Å²) < 4.78 is 23.3. The summed E-state index contributed by atoms with van der Waals surface area (Å²) >= 11 is 2.98. The molecule has 0 saturated carbocycles. The Bertz CT molecular complexity index is 379. The third-order valence-corrected chi connectivity index (χ3v) is 2.40. The van der Waals surface area contributed by atoms with E-state index in [0.29, 0.717) is 5.75 Å². The van der Waals surface area contributed by atoms with E-state index in [1.807, 2.05) is 0 Å². The van der Waals surface area contributed by atoms with Crippen LogP contribution in [0.15, 0.2) is 12.1 Å². The van der Waals surface area contributed by atoms with Gasteiger partial charge in [0.2, 0.25) is 0 Å². The fourth-order valence-corrected chi connectivity index (χ4v) is 1.44. The van der Waals surface area contributed by atoms with Gasteiger partial charge in [0, 0.05) is 6.07 Å². The molecule has 0 atom stereocenters. The molecule has 0 amide bonds. The summed E-state index contributed by atoms with van der Waals surface area (Å²) in [5.74, 6) is -0.352. The summed E-state index contributed by atoms with van der Waals surface area (Å²) in [5, 5.41) is 0.0689. The van der Waals surface area contributed by atoms with Crippen LogP contribution >= 0.6 is 15.9 Å². The van der Waals surface area contributed by atoms with Gasteiger partial charge in [0.25, 0.3) is 0 Å². The molecule has 3 nitrogen and oxygen atoms in total. The summed E-state index contributed by atoms with van der Waals surface area (Å²) in [6.45, 7) is 0. The predicted molar refractivity (Wildman–Crippen MR) is 57.6 cm³/mol. The number of ketones is 1. The van der Waals surface area contributed by atoms with E-state index in [9.17, 15) is 9.18 Å². The highest BCUT2D eigenvalue weighted by Crippen LogP contribution is 2.30. The molecule has 5 heteroatoms. The van der Waals surface area contributed by atoms with Gasteiger partial charge < -0.3 is 9.47 Å². The number of benzene rings is 1. The highest BCUT2D eigenvalue weighted by Gasteiger charge is 2.15. The van der Waals surface area contributed by atoms with E-state index < -0.39 is 5.82 Å². The molecule has 0 fully saturated rings. The number of methoxy groups -OCH3 is 2. The fourth-order valence-electron chi connectivity index (χ4n) is 1.14. The van der Waals surface area contributed by atoms with E-state index in [1.165, 1.54) is 20.3 Å². The zero-order valence-electron chi connectivity index (χ0n) is 8.34. The van der Waals surface area contributed by atoms with Gasteiger partial charge in [-0.3, -0.25) is 4.79 Å². The Morgan fingerprint density at radius 3 is 2.33 bits per heavy atom. The van der Waals surface area contributed by atoms with Gasteiger partial charge in [-0.05, 0) is 6.07 Å². The summed E-state index contributed by atoms with van der Waals surface area (Å²) in [7, 11) is 2.83. The van der Waals surface area contributed by atoms with Crippen molar-refractivity contribution in [2.24, 2.45) is 0 Å². The van der Waals surface area contributed by atoms with Crippen LogP contribution in [-0.4, -0.2) is 25.3 Å². The van der Waals surface area contributed by atoms with Crippen LogP contribution < -0.4 is 9.47 Å². The minimum atomic E-state index is -0.614. The van der Waals surface area contributed by atoms with Crippen molar-refractivity contribution in [1.82, 2.24) is 0 Å². The van der Waals surface area contributed by atoms with Crippen LogP contribution in [0, 0.1) is 5.82 Å². The maximum Gasteiger partial charge on any atom is 0.176 e. The van der Waals surface area contributed by atoms with Crippen LogP contribution in [0.3, 0.4) is 0 Å². The Balaban J connectivity index is 3.25. The first-order valence-corrected chi connectivity index (χ1v) is 5.26. The van der Waals surface area contributed by atoms with Gasteiger partial charge in [-0.1, -0.05) is 15.9 Å². The minimum Gasteiger partial charge on any atom is -0.493 e. The average Bonchev–Trinajstić information content (AvgIpc) is 2.27. The van der Waals surface area contributed by atoms with E-state index >= 15 is 0 Å². The van der Waals surface area contributed by atoms with Crippen molar-refractivity contribution in [2.75, 3.05) is 19.5 Å². The Kier molecular flexibility index (Phi) is 4.08. The molecule has 0 bridgehead atoms. The van der Waals surface area contributed by atoms with E-state index in [0.717, 1.165) is 6.07 Å². The molecule has 0 unspecified atom stereocenters. The molecule has 82 valence electrons. The number of carbonyl (C=O) groups excluding carboxylic acids is 1. The zero-order chi connectivity index (χ0) is 11.4. The van der Waals surface area contributed by atoms with Gasteiger partial charge in [-0.25, -0.2) is 4.39 Å². The number of halogens is 2. The smallest absolute Gasteiger partial charge is 0.176 e. The molecule has 0 saturated heterocycles. The zero-order valence-corrected chi connectivity index (χ0v) is 9.93. The van der Waals surface area contributed by atoms with Crippen molar-refractivity contribution >= 4 is 21.7 Å². The Labute approximate surface area is 95.3 Å². The largest absolute Gasteiger partial charge is 0.493 e. The molecular formula is C10H10BrFO3. The van der Waals surface area contributed by atoms with Crippen molar-refractivity contribution in [3.05, 3.63) is 23.5 Å². The molecule has 0 aliphatic rings. The molecule has 0 heterocycles. The standard InChI is InChI=1S/C10H10BrFO3/c1-14-9-3-6(8(13)5-11)7(12)4-10(9)15-2/h3-4H,5H2,1-2H3. The molecule has 0 spiro atoms. The molecule has 15 heavy (non-hydrogen) atoms. The van der Waals surface area contributed by atoms with E-state index in [-0.39, 0.29) is 22.4 Å². The molecule has 1 aromatic carbocycles. The van der Waals surface area contributed by atoms with E-state index in [1.54, 1.807) is 0 Å². The summed E-state index contributed by atoms with van der Waals surface area (Å²) in [5.41, 5.74) is -0.00970. The maximum absolute atomic E-state index is 13.4. The summed E-state index contributed by atoms with van der Waals surface area (Å²) in [6, 6.07) is 2.46. The van der Waals surface area contributed by atoms with Crippen LogP contribution in [-0.2, 0) is 0 Å². The van der Waals surface area contributed by atoms with Crippen LogP contribution in [0.2, 0.25) is 0 Å². The lowest BCUT2D eigenvalue weighted by Crippen LogP contribution is -2.05. The van der Waals surface area contributed by atoms with Crippen LogP contribution in [0.5, 0.6) is 11.5 Å². The number of carbonyl (C=O) groups is 1. The van der Waals surface area contributed by atoms with Crippen molar-refractivity contribution in [3.63, 3.8) is 0 Å². The van der Waals surface area contributed by atoms with Crippen molar-refractivity contribution in [2.45, 2.75) is 0 Å². The normalized spacial score (nSPS) is 9.87. The number of ether oxygens (including phenoxy) is 2. The lowest BCUT2D eigenvalue weighted by molar-refractivity contribution is 0.101. The third kappa shape index (κ3) is 2.47. The van der Waals surface area contributed by atoms with Crippen LogP contribution in [0.1, 0.15) is 10.4 Å². The Morgan fingerprint density at radius 2 is 1.87 bits per heavy atom. The molecule has 1 aromatic rings. The summed E-state index contributed by atoms with van der Waals surface area (Å²) in [4.78, 5) is 11.3. The van der Waals surface area contributed by atoms with Crippen molar-refractivity contribution in [1.29, 1.82) is 0 Å². The van der Waals surface area contributed by atoms with E-state index in [2.05, 4.69) is 15.9 Å². The molecule has 0 N–H and O–H groups in total. The highest BCUT2D eigenvalue weighted by molar-refractivity contribution is 9.09. The quantitative estimate of drug-likeness (QED) is 0.626. The van der Waals surface area contributed by atoms with Crippen LogP contribution in [0.25, 0.3) is 0 Å². The van der Waals surface area contributed by atoms with Gasteiger partial charge in [0.05, 0.1) is 25.1 Å². The molecule has 0 aliphatic heterocycles. The number of Topliss-reactive ketones (excluding diaryl/α,β-unsaturated/α-hetero) is 1. The second kappa shape index (κ2) is 5.11. The maximum atomic E-state index is 13.4. The molecule has 1 rings (SSSR count). The van der Waals surface area contributed by atoms with E-state index in [4.69, 9.17) is 9.47 Å². The van der Waals surface area contributed by atoms with Gasteiger partial charge in [0.15, 0.2) is 17.3 Å². The highest BCUT2D eigenvalue weighted by atomic mass is 79.9. The van der Waals surface area contributed by atoms with Crippen molar-refractivity contribution in [3.8, 4) is 11.5 Å². The lowest BCUT2D eigenvalue weighted by atomic mass is 10.1. The van der Waals surface area contributed by atoms with Crippen LogP contribution in [0.4, 0.5) is 4.39 Å². The first-order valence-electron chi connectivity index (χ1n) is 4.14. The predicted octanol–water partition coefficient (Wildman–Crippen LogP) is 2.42. The number of hydrogen-bond donors (Lipinski definition) is 0. The van der Waals surface area contributed by atoms with Gasteiger partial charge in [-0.2, -0.15) is 0 Å². The fraction of sp³-hybridized carbons (Fsp3) is 0.300. The van der Waals surface area contributed by atoms with Gasteiger partial charge >= 0.3 is 0 Å². The first kappa shape index (κ1) is 12.0. The number of rotatable bonds is 4. The lowest BCUT2D eigenvalue weighted by Gasteiger charge is -2.09.